The molecule has 0 aliphatic rings. The minimum absolute atomic E-state index is 0.0419. The quantitative estimate of drug-likeness (QED) is 0.740. The molecular weight excluding hydrogens is 370 g/mol. The van der Waals surface area contributed by atoms with Gasteiger partial charge in [-0.1, -0.05) is 6.07 Å². The predicted octanol–water partition coefficient (Wildman–Crippen LogP) is 3.79. The largest absolute Gasteiger partial charge is 0.456 e. The van der Waals surface area contributed by atoms with Gasteiger partial charge in [0.2, 0.25) is 0 Å². The highest BCUT2D eigenvalue weighted by atomic mass is 19.4. The van der Waals surface area contributed by atoms with Crippen LogP contribution in [0, 0.1) is 5.82 Å². The van der Waals surface area contributed by atoms with Crippen LogP contribution in [0.1, 0.15) is 6.92 Å². The van der Waals surface area contributed by atoms with Gasteiger partial charge < -0.3 is 14.7 Å². The average molecular weight is 387 g/mol. The van der Waals surface area contributed by atoms with Crippen molar-refractivity contribution < 1.29 is 32.2 Å². The number of carbonyl (C=O) groups excluding carboxylic acids is 1. The highest BCUT2D eigenvalue weighted by molar-refractivity contribution is 5.88. The lowest BCUT2D eigenvalue weighted by molar-refractivity contribution is -0.206. The summed E-state index contributed by atoms with van der Waals surface area (Å²) in [6, 6.07) is 7.45. The Morgan fingerprint density at radius 2 is 2.04 bits per heavy atom. The van der Waals surface area contributed by atoms with Crippen LogP contribution in [0.5, 0.6) is 11.5 Å². The minimum atomic E-state index is -4.82. The van der Waals surface area contributed by atoms with Gasteiger partial charge >= 0.3 is 12.2 Å². The van der Waals surface area contributed by atoms with E-state index in [4.69, 9.17) is 9.84 Å². The molecule has 0 aliphatic heterocycles. The van der Waals surface area contributed by atoms with Crippen LogP contribution >= 0.6 is 0 Å². The number of hydrogen-bond acceptors (Lipinski definition) is 4. The number of halogens is 4. The molecule has 0 saturated heterocycles. The van der Waals surface area contributed by atoms with Gasteiger partial charge in [-0.3, -0.25) is 5.32 Å². The number of aliphatic hydroxyl groups is 1. The van der Waals surface area contributed by atoms with Crippen molar-refractivity contribution in [3.63, 3.8) is 0 Å². The summed E-state index contributed by atoms with van der Waals surface area (Å²) < 4.78 is 55.8. The molecule has 0 bridgehead atoms. The Hall–Kier alpha value is -2.88. The van der Waals surface area contributed by atoms with Crippen molar-refractivity contribution >= 4 is 11.8 Å². The Bertz CT molecular complexity index is 769. The topological polar surface area (TPSA) is 74.7 Å². The summed E-state index contributed by atoms with van der Waals surface area (Å²) in [4.78, 5) is 16.8. The lowest BCUT2D eigenvalue weighted by Gasteiger charge is -2.25. The number of nitrogens with zero attached hydrogens (tertiary/aromatic N) is 2. The van der Waals surface area contributed by atoms with E-state index in [0.29, 0.717) is 0 Å². The molecule has 6 nitrogen and oxygen atoms in total. The van der Waals surface area contributed by atoms with Gasteiger partial charge in [-0.2, -0.15) is 13.2 Å². The number of urea groups is 1. The van der Waals surface area contributed by atoms with Crippen molar-refractivity contribution in [3.05, 3.63) is 48.4 Å². The number of likely N-dealkylation sites (N-methyl/N-ethyl adjacent to an activating group) is 1. The first-order chi connectivity index (χ1) is 12.7. The summed E-state index contributed by atoms with van der Waals surface area (Å²) >= 11 is 0. The number of carbonyl (C=O) groups is 1. The van der Waals surface area contributed by atoms with Gasteiger partial charge in [0.05, 0.1) is 12.7 Å². The van der Waals surface area contributed by atoms with Crippen molar-refractivity contribution in [3.8, 4) is 11.5 Å². The van der Waals surface area contributed by atoms with Gasteiger partial charge in [0.1, 0.15) is 23.1 Å². The fraction of sp³-hybridized carbons (Fsp3) is 0.294. The number of anilines is 1. The fourth-order valence-electron chi connectivity index (χ4n) is 2.04. The molecular formula is C17H17F4N3O3. The SMILES string of the molecule is CCN(C[C@@H](O)C(F)(F)F)C(=O)Nc1ccc(Oc2cccc(F)c2)cn1. The van der Waals surface area contributed by atoms with Crippen molar-refractivity contribution in [1.29, 1.82) is 0 Å². The molecule has 0 unspecified atom stereocenters. The molecule has 0 fully saturated rings. The predicted molar refractivity (Wildman–Crippen MR) is 89.0 cm³/mol. The molecule has 2 amide bonds. The summed E-state index contributed by atoms with van der Waals surface area (Å²) in [5, 5.41) is 11.4. The number of hydrogen-bond donors (Lipinski definition) is 2. The van der Waals surface area contributed by atoms with E-state index < -0.39 is 30.7 Å². The minimum Gasteiger partial charge on any atom is -0.456 e. The maximum absolute atomic E-state index is 13.1. The lowest BCUT2D eigenvalue weighted by Crippen LogP contribution is -2.45. The van der Waals surface area contributed by atoms with Gasteiger partial charge in [-0.15, -0.1) is 0 Å². The van der Waals surface area contributed by atoms with Gasteiger partial charge in [0, 0.05) is 12.6 Å². The zero-order chi connectivity index (χ0) is 20.0. The number of ether oxygens (including phenoxy) is 1. The summed E-state index contributed by atoms with van der Waals surface area (Å²) in [5.41, 5.74) is 0. The van der Waals surface area contributed by atoms with E-state index in [9.17, 15) is 22.4 Å². The first-order valence-electron chi connectivity index (χ1n) is 7.89. The molecule has 1 aromatic heterocycles. The van der Waals surface area contributed by atoms with Crippen LogP contribution in [0.4, 0.5) is 28.2 Å². The molecule has 2 aromatic rings. The molecule has 0 spiro atoms. The molecule has 2 N–H and O–H groups in total. The Labute approximate surface area is 152 Å². The molecule has 146 valence electrons. The average Bonchev–Trinajstić information content (AvgIpc) is 2.60. The molecule has 1 atom stereocenters. The van der Waals surface area contributed by atoms with E-state index in [1.807, 2.05) is 0 Å². The van der Waals surface area contributed by atoms with E-state index in [-0.39, 0.29) is 23.9 Å². The van der Waals surface area contributed by atoms with Gasteiger partial charge in [0.25, 0.3) is 0 Å². The molecule has 2 rings (SSSR count). The molecule has 27 heavy (non-hydrogen) atoms. The highest BCUT2D eigenvalue weighted by Crippen LogP contribution is 2.23. The van der Waals surface area contributed by atoms with Crippen molar-refractivity contribution in [2.45, 2.75) is 19.2 Å². The Morgan fingerprint density at radius 1 is 1.30 bits per heavy atom. The number of aromatic nitrogens is 1. The van der Waals surface area contributed by atoms with Crippen LogP contribution in [0.25, 0.3) is 0 Å². The maximum atomic E-state index is 13.1. The second kappa shape index (κ2) is 8.67. The number of nitrogens with one attached hydrogen (secondary N) is 1. The van der Waals surface area contributed by atoms with E-state index >= 15 is 0 Å². The smallest absolute Gasteiger partial charge is 0.416 e. The zero-order valence-electron chi connectivity index (χ0n) is 14.2. The van der Waals surface area contributed by atoms with Gasteiger partial charge in [-0.05, 0) is 31.2 Å². The molecule has 0 aliphatic carbocycles. The monoisotopic (exact) mass is 387 g/mol. The summed E-state index contributed by atoms with van der Waals surface area (Å²) in [5.74, 6) is 0.141. The first-order valence-corrected chi connectivity index (χ1v) is 7.89. The number of benzene rings is 1. The van der Waals surface area contributed by atoms with E-state index in [0.717, 1.165) is 4.90 Å². The van der Waals surface area contributed by atoms with Crippen LogP contribution in [-0.2, 0) is 0 Å². The summed E-state index contributed by atoms with van der Waals surface area (Å²) in [6.07, 6.45) is -6.19. The molecule has 0 radical (unpaired) electrons. The molecule has 1 heterocycles. The van der Waals surface area contributed by atoms with Crippen molar-refractivity contribution in [1.82, 2.24) is 9.88 Å². The van der Waals surface area contributed by atoms with E-state index in [1.165, 1.54) is 43.5 Å². The first kappa shape index (κ1) is 20.4. The second-order valence-electron chi connectivity index (χ2n) is 5.46. The Morgan fingerprint density at radius 3 is 2.59 bits per heavy atom. The highest BCUT2D eigenvalue weighted by Gasteiger charge is 2.39. The zero-order valence-corrected chi connectivity index (χ0v) is 14.2. The fourth-order valence-corrected chi connectivity index (χ4v) is 2.04. The van der Waals surface area contributed by atoms with Gasteiger partial charge in [0.15, 0.2) is 6.10 Å². The Balaban J connectivity index is 1.97. The lowest BCUT2D eigenvalue weighted by atomic mass is 10.3. The van der Waals surface area contributed by atoms with E-state index in [1.54, 1.807) is 6.07 Å². The van der Waals surface area contributed by atoms with Gasteiger partial charge in [-0.25, -0.2) is 14.2 Å². The van der Waals surface area contributed by atoms with Crippen molar-refractivity contribution in [2.75, 3.05) is 18.4 Å². The second-order valence-corrected chi connectivity index (χ2v) is 5.46. The van der Waals surface area contributed by atoms with Crippen molar-refractivity contribution in [2.24, 2.45) is 0 Å². The molecule has 10 heteroatoms. The van der Waals surface area contributed by atoms with Crippen LogP contribution in [0.2, 0.25) is 0 Å². The standard InChI is InChI=1S/C17H17F4N3O3/c1-2-24(10-14(25)17(19,20)21)16(26)23-15-7-6-13(9-22-15)27-12-5-3-4-11(18)8-12/h3-9,14,25H,2,10H2,1H3,(H,22,23,26)/t14-/m1/s1. The van der Waals surface area contributed by atoms with Crippen LogP contribution in [0.3, 0.4) is 0 Å². The number of rotatable bonds is 6. The summed E-state index contributed by atoms with van der Waals surface area (Å²) in [6.45, 7) is 0.540. The van der Waals surface area contributed by atoms with Crippen LogP contribution in [-0.4, -0.2) is 46.4 Å². The maximum Gasteiger partial charge on any atom is 0.416 e. The number of alkyl halides is 3. The Kier molecular flexibility index (Phi) is 6.56. The third kappa shape index (κ3) is 6.10. The third-order valence-electron chi connectivity index (χ3n) is 3.44. The van der Waals surface area contributed by atoms with E-state index in [2.05, 4.69) is 10.3 Å². The molecule has 0 saturated carbocycles. The third-order valence-corrected chi connectivity index (χ3v) is 3.44. The molecule has 1 aromatic carbocycles. The summed E-state index contributed by atoms with van der Waals surface area (Å²) in [7, 11) is 0. The number of aliphatic hydroxyl groups excluding tert-OH is 1. The van der Waals surface area contributed by atoms with Crippen LogP contribution in [0.15, 0.2) is 42.6 Å². The van der Waals surface area contributed by atoms with Crippen LogP contribution < -0.4 is 10.1 Å². The number of amides is 2. The number of pyridine rings is 1. The normalized spacial score (nSPS) is 12.4.